The second-order valence-corrected chi connectivity index (χ2v) is 10.5. The number of carbonyl (C=O) groups is 1. The van der Waals surface area contributed by atoms with Crippen LogP contribution in [-0.4, -0.2) is 58.0 Å². The number of nitrogens with one attached hydrogen (secondary N) is 1. The van der Waals surface area contributed by atoms with Crippen molar-refractivity contribution >= 4 is 27.3 Å². The van der Waals surface area contributed by atoms with Gasteiger partial charge in [-0.3, -0.25) is 4.79 Å². The SMILES string of the molecule is CCN(CC)S(=O)(=O)c1ccc(N2CCCCC2)c(NC(=O)Cc2ccc3c(c2)OCCO3)c1. The summed E-state index contributed by atoms with van der Waals surface area (Å²) in [7, 11) is -3.64. The fourth-order valence-electron chi connectivity index (χ4n) is 4.48. The van der Waals surface area contributed by atoms with Gasteiger partial charge in [0.25, 0.3) is 0 Å². The van der Waals surface area contributed by atoms with E-state index in [1.165, 1.54) is 10.7 Å². The molecule has 0 spiro atoms. The van der Waals surface area contributed by atoms with Gasteiger partial charge >= 0.3 is 0 Å². The molecule has 2 aliphatic heterocycles. The van der Waals surface area contributed by atoms with Crippen LogP contribution in [-0.2, 0) is 21.2 Å². The lowest BCUT2D eigenvalue weighted by molar-refractivity contribution is -0.115. The van der Waals surface area contributed by atoms with Crippen molar-refractivity contribution < 1.29 is 22.7 Å². The van der Waals surface area contributed by atoms with Crippen LogP contribution in [0.5, 0.6) is 11.5 Å². The third-order valence-corrected chi connectivity index (χ3v) is 8.30. The van der Waals surface area contributed by atoms with Crippen LogP contribution in [0.15, 0.2) is 41.3 Å². The van der Waals surface area contributed by atoms with Crippen LogP contribution in [0, 0.1) is 0 Å². The van der Waals surface area contributed by atoms with Crippen LogP contribution in [0.3, 0.4) is 0 Å². The van der Waals surface area contributed by atoms with E-state index < -0.39 is 10.0 Å². The zero-order valence-electron chi connectivity index (χ0n) is 19.9. The van der Waals surface area contributed by atoms with Gasteiger partial charge < -0.3 is 19.7 Å². The van der Waals surface area contributed by atoms with E-state index in [-0.39, 0.29) is 17.2 Å². The monoisotopic (exact) mass is 487 g/mol. The molecule has 184 valence electrons. The maximum absolute atomic E-state index is 13.1. The van der Waals surface area contributed by atoms with Crippen molar-refractivity contribution in [3.05, 3.63) is 42.0 Å². The van der Waals surface area contributed by atoms with Crippen LogP contribution in [0.4, 0.5) is 11.4 Å². The first-order valence-corrected chi connectivity index (χ1v) is 13.4. The van der Waals surface area contributed by atoms with Gasteiger partial charge in [0.1, 0.15) is 13.2 Å². The second-order valence-electron chi connectivity index (χ2n) is 8.52. The zero-order chi connectivity index (χ0) is 24.1. The molecule has 1 amide bonds. The van der Waals surface area contributed by atoms with Crippen LogP contribution in [0.25, 0.3) is 0 Å². The molecule has 0 aromatic heterocycles. The predicted molar refractivity (Wildman–Crippen MR) is 132 cm³/mol. The Morgan fingerprint density at radius 1 is 0.971 bits per heavy atom. The van der Waals surface area contributed by atoms with Crippen molar-refractivity contribution in [3.8, 4) is 11.5 Å². The van der Waals surface area contributed by atoms with E-state index >= 15 is 0 Å². The Kier molecular flexibility index (Phi) is 7.63. The van der Waals surface area contributed by atoms with Gasteiger partial charge in [-0.25, -0.2) is 8.42 Å². The number of amides is 1. The quantitative estimate of drug-likeness (QED) is 0.611. The third-order valence-electron chi connectivity index (χ3n) is 6.25. The summed E-state index contributed by atoms with van der Waals surface area (Å²) in [6.45, 7) is 7.17. The lowest BCUT2D eigenvalue weighted by atomic mass is 10.1. The molecule has 0 radical (unpaired) electrons. The molecule has 0 unspecified atom stereocenters. The van der Waals surface area contributed by atoms with Crippen LogP contribution < -0.4 is 19.7 Å². The topological polar surface area (TPSA) is 88.2 Å². The molecule has 9 heteroatoms. The first kappa shape index (κ1) is 24.3. The number of piperidine rings is 1. The average molecular weight is 488 g/mol. The summed E-state index contributed by atoms with van der Waals surface area (Å²) in [6.07, 6.45) is 3.47. The first-order valence-electron chi connectivity index (χ1n) is 12.0. The summed E-state index contributed by atoms with van der Waals surface area (Å²) in [6, 6.07) is 10.5. The molecule has 8 nitrogen and oxygen atoms in total. The molecule has 2 aromatic carbocycles. The van der Waals surface area contributed by atoms with E-state index in [9.17, 15) is 13.2 Å². The molecule has 0 atom stereocenters. The van der Waals surface area contributed by atoms with Crippen molar-refractivity contribution in [2.45, 2.75) is 44.4 Å². The molecule has 1 fully saturated rings. The highest BCUT2D eigenvalue weighted by Crippen LogP contribution is 2.33. The Hall–Kier alpha value is -2.78. The minimum atomic E-state index is -3.64. The minimum absolute atomic E-state index is 0.142. The molecule has 4 rings (SSSR count). The zero-order valence-corrected chi connectivity index (χ0v) is 20.7. The predicted octanol–water partition coefficient (Wildman–Crippen LogP) is 3.66. The number of sulfonamides is 1. The molecule has 34 heavy (non-hydrogen) atoms. The number of rotatable bonds is 8. The highest BCUT2D eigenvalue weighted by Gasteiger charge is 2.25. The van der Waals surface area contributed by atoms with Crippen LogP contribution in [0.1, 0.15) is 38.7 Å². The van der Waals surface area contributed by atoms with Crippen molar-refractivity contribution in [1.82, 2.24) is 4.31 Å². The summed E-state index contributed by atoms with van der Waals surface area (Å²) >= 11 is 0. The maximum atomic E-state index is 13.1. The van der Waals surface area contributed by atoms with Crippen molar-refractivity contribution in [2.24, 2.45) is 0 Å². The van der Waals surface area contributed by atoms with Gasteiger partial charge in [-0.15, -0.1) is 0 Å². The van der Waals surface area contributed by atoms with E-state index in [0.29, 0.717) is 43.5 Å². The summed E-state index contributed by atoms with van der Waals surface area (Å²) < 4.78 is 38.8. The van der Waals surface area contributed by atoms with Gasteiger partial charge in [-0.05, 0) is 55.2 Å². The first-order chi connectivity index (χ1) is 16.4. The standard InChI is InChI=1S/C25H33N3O5S/c1-3-28(4-2)34(30,31)20-9-10-22(27-12-6-5-7-13-27)21(18-20)26-25(29)17-19-8-11-23-24(16-19)33-15-14-32-23/h8-11,16,18H,3-7,12-15,17H2,1-2H3,(H,26,29). The average Bonchev–Trinajstić information content (AvgIpc) is 2.85. The number of benzene rings is 2. The van der Waals surface area contributed by atoms with Gasteiger partial charge in [0.2, 0.25) is 15.9 Å². The second kappa shape index (κ2) is 10.7. The summed E-state index contributed by atoms with van der Waals surface area (Å²) in [5, 5.41) is 2.99. The van der Waals surface area contributed by atoms with Crippen LogP contribution >= 0.6 is 0 Å². The summed E-state index contributed by atoms with van der Waals surface area (Å²) in [5.41, 5.74) is 2.18. The molecule has 0 aliphatic carbocycles. The Bertz CT molecular complexity index is 1130. The van der Waals surface area contributed by atoms with Gasteiger partial charge in [0.15, 0.2) is 11.5 Å². The van der Waals surface area contributed by atoms with Crippen molar-refractivity contribution in [1.29, 1.82) is 0 Å². The van der Waals surface area contributed by atoms with E-state index in [0.717, 1.165) is 37.2 Å². The van der Waals surface area contributed by atoms with Crippen molar-refractivity contribution in [3.63, 3.8) is 0 Å². The third kappa shape index (κ3) is 5.31. The van der Waals surface area contributed by atoms with E-state index in [2.05, 4.69) is 10.2 Å². The summed E-state index contributed by atoms with van der Waals surface area (Å²) in [5.74, 6) is 1.10. The van der Waals surface area contributed by atoms with Crippen molar-refractivity contribution in [2.75, 3.05) is 49.6 Å². The van der Waals surface area contributed by atoms with Gasteiger partial charge in [-0.1, -0.05) is 19.9 Å². The number of hydrogen-bond acceptors (Lipinski definition) is 6. The fraction of sp³-hybridized carbons (Fsp3) is 0.480. The van der Waals surface area contributed by atoms with Gasteiger partial charge in [-0.2, -0.15) is 4.31 Å². The Morgan fingerprint density at radius 3 is 2.38 bits per heavy atom. The lowest BCUT2D eigenvalue weighted by Gasteiger charge is -2.31. The molecule has 1 saturated heterocycles. The number of hydrogen-bond donors (Lipinski definition) is 1. The van der Waals surface area contributed by atoms with Gasteiger partial charge in [0.05, 0.1) is 22.7 Å². The number of carbonyl (C=O) groups excluding carboxylic acids is 1. The lowest BCUT2D eigenvalue weighted by Crippen LogP contribution is -2.32. The number of ether oxygens (including phenoxy) is 2. The number of nitrogens with zero attached hydrogens (tertiary/aromatic N) is 2. The van der Waals surface area contributed by atoms with Gasteiger partial charge in [0, 0.05) is 26.2 Å². The molecular weight excluding hydrogens is 454 g/mol. The summed E-state index contributed by atoms with van der Waals surface area (Å²) in [4.78, 5) is 15.4. The molecular formula is C25H33N3O5S. The van der Waals surface area contributed by atoms with E-state index in [4.69, 9.17) is 9.47 Å². The normalized spacial score (nSPS) is 15.9. The highest BCUT2D eigenvalue weighted by molar-refractivity contribution is 7.89. The Balaban J connectivity index is 1.60. The molecule has 2 aliphatic rings. The Labute approximate surface area is 201 Å². The number of fused-ring (bicyclic) bond motifs is 1. The maximum Gasteiger partial charge on any atom is 0.243 e. The molecule has 0 bridgehead atoms. The van der Waals surface area contributed by atoms with E-state index in [1.54, 1.807) is 12.1 Å². The Morgan fingerprint density at radius 2 is 1.68 bits per heavy atom. The molecule has 1 N–H and O–H groups in total. The van der Waals surface area contributed by atoms with Crippen LogP contribution in [0.2, 0.25) is 0 Å². The molecule has 2 heterocycles. The molecule has 0 saturated carbocycles. The fourth-order valence-corrected chi connectivity index (χ4v) is 5.96. The molecule has 2 aromatic rings. The van der Waals surface area contributed by atoms with E-state index in [1.807, 2.05) is 38.1 Å². The largest absolute Gasteiger partial charge is 0.486 e. The smallest absolute Gasteiger partial charge is 0.243 e. The highest BCUT2D eigenvalue weighted by atomic mass is 32.2. The number of anilines is 2. The minimum Gasteiger partial charge on any atom is -0.486 e.